The molecule has 250 valence electrons. The quantitative estimate of drug-likeness (QED) is 0.164. The van der Waals surface area contributed by atoms with E-state index >= 15 is 0 Å². The molecule has 0 saturated heterocycles. The highest BCUT2D eigenvalue weighted by molar-refractivity contribution is 6.19. The third-order valence-electron chi connectivity index (χ3n) is 10.5. The SMILES string of the molecule is C=Nc1ccccc1N1Cc2ccccc2-c2c1ccc1c2c2ccccc2n1-c1cccc(-c2cc(-c3ccccc3)cc(-c3ccccc3)n2)c1. The van der Waals surface area contributed by atoms with Crippen molar-refractivity contribution in [3.05, 3.63) is 188 Å². The first-order valence-corrected chi connectivity index (χ1v) is 18.0. The van der Waals surface area contributed by atoms with E-state index in [0.29, 0.717) is 0 Å². The molecule has 0 aliphatic carbocycles. The zero-order valence-electron chi connectivity index (χ0n) is 29.0. The van der Waals surface area contributed by atoms with Crippen molar-refractivity contribution >= 4 is 45.6 Å². The lowest BCUT2D eigenvalue weighted by molar-refractivity contribution is 0.963. The Labute approximate surface area is 308 Å². The third kappa shape index (κ3) is 5.15. The van der Waals surface area contributed by atoms with E-state index in [-0.39, 0.29) is 0 Å². The Morgan fingerprint density at radius 1 is 0.509 bits per heavy atom. The van der Waals surface area contributed by atoms with Gasteiger partial charge >= 0.3 is 0 Å². The van der Waals surface area contributed by atoms with Crippen LogP contribution in [0.25, 0.3) is 72.3 Å². The highest BCUT2D eigenvalue weighted by Gasteiger charge is 2.28. The predicted molar refractivity (Wildman–Crippen MR) is 222 cm³/mol. The van der Waals surface area contributed by atoms with Gasteiger partial charge in [0.1, 0.15) is 0 Å². The number of anilines is 2. The van der Waals surface area contributed by atoms with Crippen LogP contribution in [0, 0.1) is 0 Å². The van der Waals surface area contributed by atoms with Crippen LogP contribution in [-0.2, 0) is 6.54 Å². The zero-order chi connectivity index (χ0) is 35.3. The average Bonchev–Trinajstić information content (AvgIpc) is 3.58. The Kier molecular flexibility index (Phi) is 7.33. The largest absolute Gasteiger partial charge is 0.335 e. The lowest BCUT2D eigenvalue weighted by Crippen LogP contribution is -2.21. The van der Waals surface area contributed by atoms with Gasteiger partial charge < -0.3 is 9.47 Å². The van der Waals surface area contributed by atoms with Gasteiger partial charge in [-0.2, -0.15) is 0 Å². The molecule has 0 N–H and O–H groups in total. The molecule has 2 aromatic heterocycles. The van der Waals surface area contributed by atoms with Crippen LogP contribution >= 0.6 is 0 Å². The highest BCUT2D eigenvalue weighted by atomic mass is 15.2. The molecule has 1 aliphatic rings. The lowest BCUT2D eigenvalue weighted by Gasteiger charge is -2.34. The number of hydrogen-bond donors (Lipinski definition) is 0. The average molecular weight is 679 g/mol. The molecular weight excluding hydrogens is 645 g/mol. The molecule has 7 aromatic carbocycles. The van der Waals surface area contributed by atoms with Gasteiger partial charge in [-0.15, -0.1) is 0 Å². The summed E-state index contributed by atoms with van der Waals surface area (Å²) in [7, 11) is 0. The van der Waals surface area contributed by atoms with E-state index in [1.165, 1.54) is 33.2 Å². The van der Waals surface area contributed by atoms with Crippen LogP contribution in [0.5, 0.6) is 0 Å². The maximum absolute atomic E-state index is 5.25. The van der Waals surface area contributed by atoms with Crippen molar-refractivity contribution in [1.82, 2.24) is 9.55 Å². The molecule has 0 bridgehead atoms. The van der Waals surface area contributed by atoms with Crippen molar-refractivity contribution < 1.29 is 0 Å². The minimum absolute atomic E-state index is 0.752. The molecule has 0 atom stereocenters. The minimum atomic E-state index is 0.752. The molecule has 0 saturated carbocycles. The maximum Gasteiger partial charge on any atom is 0.0859 e. The van der Waals surface area contributed by atoms with E-state index in [2.05, 4.69) is 185 Å². The summed E-state index contributed by atoms with van der Waals surface area (Å²) in [4.78, 5) is 12.1. The van der Waals surface area contributed by atoms with Gasteiger partial charge in [-0.05, 0) is 83.6 Å². The first-order valence-electron chi connectivity index (χ1n) is 18.0. The Morgan fingerprint density at radius 3 is 2.02 bits per heavy atom. The summed E-state index contributed by atoms with van der Waals surface area (Å²) in [5.74, 6) is 0. The van der Waals surface area contributed by atoms with Crippen LogP contribution < -0.4 is 4.90 Å². The Bertz CT molecular complexity index is 2780. The van der Waals surface area contributed by atoms with Gasteiger partial charge in [0.15, 0.2) is 0 Å². The van der Waals surface area contributed by atoms with Crippen LogP contribution in [0.3, 0.4) is 0 Å². The standard InChI is InChI=1S/C49H34N4/c1-50-41-24-11-13-26-45(41)52-32-36-19-8-9-22-39(36)48-46(52)27-28-47-49(48)40-23-10-12-25-44(40)53(47)38-21-14-20-35(29-38)43-31-37(33-15-4-2-5-16-33)30-42(51-43)34-17-6-3-7-18-34/h2-31H,1,32H2. The third-order valence-corrected chi connectivity index (χ3v) is 10.5. The summed E-state index contributed by atoms with van der Waals surface area (Å²) < 4.78 is 2.41. The number of benzene rings is 7. The fourth-order valence-corrected chi connectivity index (χ4v) is 8.06. The van der Waals surface area contributed by atoms with Crippen molar-refractivity contribution in [1.29, 1.82) is 0 Å². The predicted octanol–water partition coefficient (Wildman–Crippen LogP) is 12.8. The van der Waals surface area contributed by atoms with Crippen LogP contribution in [-0.4, -0.2) is 16.3 Å². The van der Waals surface area contributed by atoms with Crippen LogP contribution in [0.4, 0.5) is 17.1 Å². The van der Waals surface area contributed by atoms with Gasteiger partial charge in [-0.3, -0.25) is 4.99 Å². The number of para-hydroxylation sites is 3. The molecular formula is C49H34N4. The molecule has 9 aromatic rings. The van der Waals surface area contributed by atoms with E-state index in [9.17, 15) is 0 Å². The molecule has 0 radical (unpaired) electrons. The minimum Gasteiger partial charge on any atom is -0.335 e. The summed E-state index contributed by atoms with van der Waals surface area (Å²) >= 11 is 0. The van der Waals surface area contributed by atoms with E-state index in [4.69, 9.17) is 4.98 Å². The topological polar surface area (TPSA) is 33.4 Å². The summed E-state index contributed by atoms with van der Waals surface area (Å²) in [5.41, 5.74) is 16.6. The number of pyridine rings is 1. The van der Waals surface area contributed by atoms with Gasteiger partial charge in [0.05, 0.1) is 39.5 Å². The second-order valence-electron chi connectivity index (χ2n) is 13.5. The monoisotopic (exact) mass is 678 g/mol. The Hall–Kier alpha value is -7.04. The molecule has 3 heterocycles. The fraction of sp³-hybridized carbons (Fsp3) is 0.0204. The van der Waals surface area contributed by atoms with Crippen molar-refractivity contribution in [2.75, 3.05) is 4.90 Å². The molecule has 0 amide bonds. The van der Waals surface area contributed by atoms with Gasteiger partial charge in [-0.1, -0.05) is 127 Å². The molecule has 53 heavy (non-hydrogen) atoms. The summed E-state index contributed by atoms with van der Waals surface area (Å²) in [6.45, 7) is 4.65. The number of rotatable bonds is 6. The van der Waals surface area contributed by atoms with E-state index < -0.39 is 0 Å². The van der Waals surface area contributed by atoms with Crippen molar-refractivity contribution in [3.63, 3.8) is 0 Å². The first-order chi connectivity index (χ1) is 26.2. The normalized spacial score (nSPS) is 12.1. The van der Waals surface area contributed by atoms with Crippen molar-refractivity contribution in [2.45, 2.75) is 6.54 Å². The number of nitrogens with zero attached hydrogens (tertiary/aromatic N) is 4. The van der Waals surface area contributed by atoms with Crippen molar-refractivity contribution in [2.24, 2.45) is 4.99 Å². The zero-order valence-corrected chi connectivity index (χ0v) is 29.0. The Morgan fingerprint density at radius 2 is 1.19 bits per heavy atom. The van der Waals surface area contributed by atoms with Gasteiger partial charge in [0, 0.05) is 39.7 Å². The fourth-order valence-electron chi connectivity index (χ4n) is 8.06. The van der Waals surface area contributed by atoms with Crippen LogP contribution in [0.1, 0.15) is 5.56 Å². The first kappa shape index (κ1) is 30.8. The smallest absolute Gasteiger partial charge is 0.0859 e. The van der Waals surface area contributed by atoms with Gasteiger partial charge in [-0.25, -0.2) is 4.98 Å². The molecule has 0 spiro atoms. The van der Waals surface area contributed by atoms with Crippen LogP contribution in [0.15, 0.2) is 187 Å². The molecule has 10 rings (SSSR count). The molecule has 4 nitrogen and oxygen atoms in total. The summed E-state index contributed by atoms with van der Waals surface area (Å²) in [5, 5.41) is 2.45. The second kappa shape index (κ2) is 12.6. The van der Waals surface area contributed by atoms with Crippen LogP contribution in [0.2, 0.25) is 0 Å². The van der Waals surface area contributed by atoms with Gasteiger partial charge in [0.25, 0.3) is 0 Å². The molecule has 0 fully saturated rings. The second-order valence-corrected chi connectivity index (χ2v) is 13.5. The Balaban J connectivity index is 1.20. The lowest BCUT2D eigenvalue weighted by atomic mass is 9.89. The van der Waals surface area contributed by atoms with Gasteiger partial charge in [0.2, 0.25) is 0 Å². The highest BCUT2D eigenvalue weighted by Crippen LogP contribution is 2.50. The number of aliphatic imine (C=N–C) groups is 1. The van der Waals surface area contributed by atoms with E-state index in [1.807, 2.05) is 18.2 Å². The molecule has 0 unspecified atom stereocenters. The van der Waals surface area contributed by atoms with E-state index in [1.54, 1.807) is 0 Å². The van der Waals surface area contributed by atoms with E-state index in [0.717, 1.165) is 68.3 Å². The maximum atomic E-state index is 5.25. The number of fused-ring (bicyclic) bond motifs is 7. The summed E-state index contributed by atoms with van der Waals surface area (Å²) in [6, 6.07) is 64.6. The summed E-state index contributed by atoms with van der Waals surface area (Å²) in [6.07, 6.45) is 0. The number of hydrogen-bond acceptors (Lipinski definition) is 3. The molecule has 4 heteroatoms. The van der Waals surface area contributed by atoms with Crippen molar-refractivity contribution in [3.8, 4) is 50.5 Å². The molecule has 1 aliphatic heterocycles. The number of aromatic nitrogens is 2.